The zero-order valence-corrected chi connectivity index (χ0v) is 17.3. The minimum Gasteiger partial charge on any atom is -0.469 e. The van der Waals surface area contributed by atoms with E-state index in [4.69, 9.17) is 4.42 Å². The van der Waals surface area contributed by atoms with E-state index in [0.717, 1.165) is 11.6 Å². The summed E-state index contributed by atoms with van der Waals surface area (Å²) in [4.78, 5) is 28.4. The third-order valence-corrected chi connectivity index (χ3v) is 5.46. The van der Waals surface area contributed by atoms with Crippen molar-refractivity contribution in [3.63, 3.8) is 0 Å². The molecule has 1 aliphatic rings. The molecule has 5 rings (SSSR count). The molecule has 8 nitrogen and oxygen atoms in total. The molecule has 0 spiro atoms. The Labute approximate surface area is 187 Å². The second kappa shape index (κ2) is 8.27. The summed E-state index contributed by atoms with van der Waals surface area (Å²) in [7, 11) is 0. The summed E-state index contributed by atoms with van der Waals surface area (Å²) in [6, 6.07) is 15.8. The third kappa shape index (κ3) is 4.08. The van der Waals surface area contributed by atoms with E-state index in [1.54, 1.807) is 18.4 Å². The van der Waals surface area contributed by atoms with Crippen molar-refractivity contribution >= 4 is 17.4 Å². The lowest BCUT2D eigenvalue weighted by atomic mass is 10.1. The Bertz CT molecular complexity index is 1360. The molecule has 2 aromatic heterocycles. The van der Waals surface area contributed by atoms with Crippen LogP contribution in [0.1, 0.15) is 21.8 Å². The molecule has 0 aliphatic carbocycles. The molecule has 0 saturated carbocycles. The highest BCUT2D eigenvalue weighted by Crippen LogP contribution is 2.28. The topological polar surface area (TPSA) is 102 Å². The lowest BCUT2D eigenvalue weighted by Gasteiger charge is -2.07. The van der Waals surface area contributed by atoms with Gasteiger partial charge in [-0.25, -0.2) is 14.2 Å². The number of anilines is 1. The lowest BCUT2D eigenvalue weighted by Crippen LogP contribution is -2.44. The first kappa shape index (κ1) is 20.5. The molecule has 1 N–H and O–H groups in total. The number of benzene rings is 2. The number of aromatic nitrogens is 2. The number of halogens is 1. The number of hydrogen-bond donors (Lipinski definition) is 1. The van der Waals surface area contributed by atoms with Crippen LogP contribution in [0, 0.1) is 15.9 Å². The largest absolute Gasteiger partial charge is 0.469 e. The molecule has 164 valence electrons. The summed E-state index contributed by atoms with van der Waals surface area (Å²) < 4.78 is 21.0. The van der Waals surface area contributed by atoms with Crippen LogP contribution in [0.15, 0.2) is 77.5 Å². The molecule has 4 aromatic rings. The first-order chi connectivity index (χ1) is 16.0. The summed E-state index contributed by atoms with van der Waals surface area (Å²) in [6.07, 6.45) is 3.79. The Balaban J connectivity index is 1.60. The first-order valence-electron chi connectivity index (χ1n) is 10.3. The van der Waals surface area contributed by atoms with E-state index >= 15 is 0 Å². The monoisotopic (exact) mass is 445 g/mol. The van der Waals surface area contributed by atoms with Crippen LogP contribution in [-0.2, 0) is 12.8 Å². The Morgan fingerprint density at radius 2 is 1.97 bits per heavy atom. The highest BCUT2D eigenvalue weighted by molar-refractivity contribution is 5.82. The van der Waals surface area contributed by atoms with Crippen molar-refractivity contribution < 1.29 is 23.1 Å². The Kier molecular flexibility index (Phi) is 5.14. The van der Waals surface area contributed by atoms with Gasteiger partial charge >= 0.3 is 11.7 Å². The Morgan fingerprint density at radius 1 is 1.15 bits per heavy atom. The predicted octanol–water partition coefficient (Wildman–Crippen LogP) is 3.94. The highest BCUT2D eigenvalue weighted by atomic mass is 19.1. The number of nitrogens with zero attached hydrogens (tertiary/aromatic N) is 3. The quantitative estimate of drug-likeness (QED) is 0.274. The number of non-ortho nitro benzene ring substituents is 1. The van der Waals surface area contributed by atoms with E-state index in [9.17, 15) is 19.3 Å². The molecular formula is C24H18FN4O4+. The van der Waals surface area contributed by atoms with Crippen molar-refractivity contribution in [3.8, 4) is 11.3 Å². The molecule has 1 unspecified atom stereocenters. The van der Waals surface area contributed by atoms with Crippen molar-refractivity contribution in [1.29, 1.82) is 0 Å². The Morgan fingerprint density at radius 3 is 2.70 bits per heavy atom. The average Bonchev–Trinajstić information content (AvgIpc) is 3.43. The fraction of sp³-hybridized carbons (Fsp3) is 0.125. The molecule has 0 bridgehead atoms. The fourth-order valence-corrected chi connectivity index (χ4v) is 3.92. The zero-order chi connectivity index (χ0) is 22.9. The van der Waals surface area contributed by atoms with Crippen LogP contribution in [-0.4, -0.2) is 21.9 Å². The van der Waals surface area contributed by atoms with Gasteiger partial charge in [0.05, 0.1) is 23.7 Å². The summed E-state index contributed by atoms with van der Waals surface area (Å²) in [5, 5.41) is 14.5. The van der Waals surface area contributed by atoms with Gasteiger partial charge in [0.1, 0.15) is 29.2 Å². The molecular weight excluding hydrogens is 427 g/mol. The van der Waals surface area contributed by atoms with Gasteiger partial charge < -0.3 is 4.42 Å². The number of nitro groups is 1. The number of carbonyl (C=O) groups excluding carboxylic acids is 1. The maximum atomic E-state index is 14.1. The van der Waals surface area contributed by atoms with Gasteiger partial charge in [-0.05, 0) is 23.8 Å². The summed E-state index contributed by atoms with van der Waals surface area (Å²) >= 11 is 0. The minimum absolute atomic E-state index is 0.216. The second-order valence-corrected chi connectivity index (χ2v) is 7.73. The van der Waals surface area contributed by atoms with E-state index in [0.29, 0.717) is 30.1 Å². The maximum Gasteiger partial charge on any atom is 0.359 e. The molecule has 0 fully saturated rings. The summed E-state index contributed by atoms with van der Waals surface area (Å²) in [5.74, 6) is 0.226. The van der Waals surface area contributed by atoms with Gasteiger partial charge in [-0.3, -0.25) is 15.4 Å². The number of nitrogens with one attached hydrogen (secondary N) is 1. The van der Waals surface area contributed by atoms with E-state index in [1.807, 2.05) is 30.3 Å². The number of nitro benzene ring substituents is 1. The smallest absolute Gasteiger partial charge is 0.359 e. The molecule has 2 aromatic carbocycles. The maximum absolute atomic E-state index is 14.1. The lowest BCUT2D eigenvalue weighted by molar-refractivity contribution is -0.552. The standard InChI is InChI=1S/C24H17FN4O4/c25-17-10-16(11-18(12-17)29(31)32)22-14-28-23(20(26-22)9-15-5-2-1-3-6-15)27-21(24(28)30)13-19-7-4-8-33-19/h1-8,10-12,14,21H,9,13H2/p+1. The average molecular weight is 445 g/mol. The molecule has 0 amide bonds. The van der Waals surface area contributed by atoms with Crippen molar-refractivity contribution in [2.75, 3.05) is 5.32 Å². The van der Waals surface area contributed by atoms with Gasteiger partial charge in [-0.1, -0.05) is 30.3 Å². The summed E-state index contributed by atoms with van der Waals surface area (Å²) in [5.41, 5.74) is 1.64. The second-order valence-electron chi connectivity index (χ2n) is 7.73. The van der Waals surface area contributed by atoms with E-state index in [-0.39, 0.29) is 22.9 Å². The third-order valence-electron chi connectivity index (χ3n) is 5.46. The molecule has 1 atom stereocenters. The molecule has 0 radical (unpaired) electrons. The van der Waals surface area contributed by atoms with Crippen LogP contribution in [0.3, 0.4) is 0 Å². The summed E-state index contributed by atoms with van der Waals surface area (Å²) in [6.45, 7) is 0. The number of hydrogen-bond acceptors (Lipinski definition) is 6. The van der Waals surface area contributed by atoms with Gasteiger partial charge in [0.15, 0.2) is 0 Å². The number of carbonyl (C=O) groups is 1. The zero-order valence-electron chi connectivity index (χ0n) is 17.3. The number of furan rings is 1. The van der Waals surface area contributed by atoms with Gasteiger partial charge in [-0.15, -0.1) is 0 Å². The highest BCUT2D eigenvalue weighted by Gasteiger charge is 2.41. The van der Waals surface area contributed by atoms with Crippen LogP contribution in [0.5, 0.6) is 0 Å². The molecule has 1 aliphatic heterocycles. The molecule has 9 heteroatoms. The van der Waals surface area contributed by atoms with Crippen LogP contribution in [0.4, 0.5) is 15.9 Å². The number of rotatable bonds is 6. The van der Waals surface area contributed by atoms with Crippen molar-refractivity contribution in [3.05, 3.63) is 106 Å². The van der Waals surface area contributed by atoms with Crippen LogP contribution >= 0.6 is 0 Å². The van der Waals surface area contributed by atoms with Crippen molar-refractivity contribution in [2.45, 2.75) is 18.9 Å². The van der Waals surface area contributed by atoms with E-state index < -0.39 is 16.8 Å². The SMILES string of the molecule is O=C1C(Cc2ccco2)Nc2c(Cc3ccccc3)nc(-c3cc(F)cc([N+](=O)[O-])c3)c[n+]21. The van der Waals surface area contributed by atoms with Crippen molar-refractivity contribution in [1.82, 2.24) is 4.98 Å². The predicted molar refractivity (Wildman–Crippen MR) is 116 cm³/mol. The van der Waals surface area contributed by atoms with E-state index in [1.165, 1.54) is 22.9 Å². The van der Waals surface area contributed by atoms with Crippen LogP contribution in [0.25, 0.3) is 11.3 Å². The normalized spacial score (nSPS) is 14.7. The first-order valence-corrected chi connectivity index (χ1v) is 10.3. The van der Waals surface area contributed by atoms with Gasteiger partial charge in [0.2, 0.25) is 6.04 Å². The molecule has 0 saturated heterocycles. The molecule has 3 heterocycles. The van der Waals surface area contributed by atoms with Gasteiger partial charge in [0, 0.05) is 18.1 Å². The fourth-order valence-electron chi connectivity index (χ4n) is 3.92. The Hall–Kier alpha value is -4.40. The van der Waals surface area contributed by atoms with Gasteiger partial charge in [0.25, 0.3) is 5.69 Å². The minimum atomic E-state index is -0.753. The van der Waals surface area contributed by atoms with Gasteiger partial charge in [-0.2, -0.15) is 4.57 Å². The molecule has 33 heavy (non-hydrogen) atoms. The van der Waals surface area contributed by atoms with Crippen molar-refractivity contribution in [2.24, 2.45) is 0 Å². The van der Waals surface area contributed by atoms with Crippen LogP contribution in [0.2, 0.25) is 0 Å². The number of fused-ring (bicyclic) bond motifs is 1. The van der Waals surface area contributed by atoms with Crippen LogP contribution < -0.4 is 9.88 Å². The van der Waals surface area contributed by atoms with E-state index in [2.05, 4.69) is 10.3 Å².